The molecule has 5 nitrogen and oxygen atoms in total. The lowest BCUT2D eigenvalue weighted by Gasteiger charge is -2.17. The molecule has 0 aliphatic rings. The summed E-state index contributed by atoms with van der Waals surface area (Å²) in [7, 11) is 0. The Morgan fingerprint density at radius 2 is 2.06 bits per heavy atom. The van der Waals surface area contributed by atoms with Gasteiger partial charge in [-0.25, -0.2) is 0 Å². The van der Waals surface area contributed by atoms with Crippen molar-refractivity contribution in [3.8, 4) is 0 Å². The van der Waals surface area contributed by atoms with E-state index in [0.29, 0.717) is 10.2 Å². The third-order valence-corrected chi connectivity index (χ3v) is 2.98. The fourth-order valence-electron chi connectivity index (χ4n) is 1.28. The summed E-state index contributed by atoms with van der Waals surface area (Å²) in [6, 6.07) is 1.21. The zero-order chi connectivity index (χ0) is 13.2. The number of rotatable bonds is 4. The number of hydrogen-bond donors (Lipinski definition) is 2. The number of carboxylic acid groups (broad SMARTS) is 1. The molecule has 2 unspecified atom stereocenters. The summed E-state index contributed by atoms with van der Waals surface area (Å²) in [4.78, 5) is 22.5. The van der Waals surface area contributed by atoms with E-state index >= 15 is 0 Å². The molecule has 0 saturated heterocycles. The molecule has 1 rings (SSSR count). The number of nitrogens with one attached hydrogen (secondary N) is 1. The van der Waals surface area contributed by atoms with Crippen LogP contribution in [0.25, 0.3) is 0 Å². The number of hydrogen-bond acceptors (Lipinski definition) is 3. The van der Waals surface area contributed by atoms with Gasteiger partial charge in [0.1, 0.15) is 0 Å². The van der Waals surface area contributed by atoms with Gasteiger partial charge in [-0.3, -0.25) is 9.59 Å². The first-order chi connectivity index (χ1) is 7.82. The molecule has 2 N–H and O–H groups in total. The zero-order valence-electron chi connectivity index (χ0n) is 9.78. The topological polar surface area (TPSA) is 79.5 Å². The van der Waals surface area contributed by atoms with Gasteiger partial charge in [-0.05, 0) is 42.8 Å². The maximum atomic E-state index is 11.8. The molecule has 17 heavy (non-hydrogen) atoms. The monoisotopic (exact) mass is 303 g/mol. The summed E-state index contributed by atoms with van der Waals surface area (Å²) in [5.41, 5.74) is 0.699. The fourth-order valence-corrected chi connectivity index (χ4v) is 1.79. The molecule has 0 bridgehead atoms. The van der Waals surface area contributed by atoms with Gasteiger partial charge in [-0.1, -0.05) is 0 Å². The molecule has 0 fully saturated rings. The first-order valence-electron chi connectivity index (χ1n) is 5.12. The predicted molar refractivity (Wildman–Crippen MR) is 64.9 cm³/mol. The normalized spacial score (nSPS) is 14.1. The molecule has 0 aromatic carbocycles. The van der Waals surface area contributed by atoms with E-state index in [-0.39, 0.29) is 5.76 Å². The summed E-state index contributed by atoms with van der Waals surface area (Å²) in [5, 5.41) is 11.4. The molecule has 1 aromatic rings. The van der Waals surface area contributed by atoms with Crippen LogP contribution in [-0.4, -0.2) is 23.0 Å². The highest BCUT2D eigenvalue weighted by atomic mass is 79.9. The molecule has 94 valence electrons. The van der Waals surface area contributed by atoms with Crippen LogP contribution in [0.5, 0.6) is 0 Å². The number of aliphatic carboxylic acids is 1. The fraction of sp³-hybridized carbons (Fsp3) is 0.455. The predicted octanol–water partition coefficient (Wildman–Crippen LogP) is 2.19. The van der Waals surface area contributed by atoms with E-state index in [0.717, 1.165) is 0 Å². The van der Waals surface area contributed by atoms with Gasteiger partial charge in [0.05, 0.1) is 5.92 Å². The van der Waals surface area contributed by atoms with Gasteiger partial charge >= 0.3 is 5.97 Å². The second kappa shape index (κ2) is 5.35. The van der Waals surface area contributed by atoms with Crippen LogP contribution in [-0.2, 0) is 4.79 Å². The van der Waals surface area contributed by atoms with Crippen LogP contribution in [0.2, 0.25) is 0 Å². The molecule has 6 heteroatoms. The standard InChI is InChI=1S/C11H14BrNO4/c1-5-4-8(12)17-9(5)10(14)13-7(3)6(2)11(15)16/h4,6-7H,1-3H3,(H,13,14)(H,15,16). The third-order valence-electron chi connectivity index (χ3n) is 2.59. The van der Waals surface area contributed by atoms with E-state index in [4.69, 9.17) is 9.52 Å². The lowest BCUT2D eigenvalue weighted by Crippen LogP contribution is -2.40. The largest absolute Gasteiger partial charge is 0.481 e. The van der Waals surface area contributed by atoms with Crippen molar-refractivity contribution in [3.63, 3.8) is 0 Å². The van der Waals surface area contributed by atoms with E-state index < -0.39 is 23.8 Å². The highest BCUT2D eigenvalue weighted by molar-refractivity contribution is 9.10. The lowest BCUT2D eigenvalue weighted by atomic mass is 10.0. The molecule has 0 aliphatic carbocycles. The SMILES string of the molecule is Cc1cc(Br)oc1C(=O)NC(C)C(C)C(=O)O. The molecule has 1 amide bonds. The van der Waals surface area contributed by atoms with Gasteiger partial charge in [-0.2, -0.15) is 0 Å². The molecule has 0 aliphatic heterocycles. The molecule has 0 radical (unpaired) electrons. The van der Waals surface area contributed by atoms with Crippen molar-refractivity contribution in [2.75, 3.05) is 0 Å². The van der Waals surface area contributed by atoms with Crippen LogP contribution in [0.1, 0.15) is 30.0 Å². The molecule has 0 saturated carbocycles. The minimum atomic E-state index is -0.949. The number of furan rings is 1. The maximum absolute atomic E-state index is 11.8. The van der Waals surface area contributed by atoms with E-state index in [2.05, 4.69) is 21.2 Å². The highest BCUT2D eigenvalue weighted by Crippen LogP contribution is 2.19. The summed E-state index contributed by atoms with van der Waals surface area (Å²) >= 11 is 3.13. The lowest BCUT2D eigenvalue weighted by molar-refractivity contribution is -0.141. The number of carboxylic acids is 1. The van der Waals surface area contributed by atoms with Crippen LogP contribution in [0.3, 0.4) is 0 Å². The van der Waals surface area contributed by atoms with Gasteiger partial charge in [0, 0.05) is 11.6 Å². The Kier molecular flexibility index (Phi) is 4.34. The minimum absolute atomic E-state index is 0.196. The summed E-state index contributed by atoms with van der Waals surface area (Å²) < 4.78 is 5.65. The number of halogens is 1. The van der Waals surface area contributed by atoms with Gasteiger partial charge < -0.3 is 14.8 Å². The number of carbonyl (C=O) groups excluding carboxylic acids is 1. The molecule has 1 aromatic heterocycles. The zero-order valence-corrected chi connectivity index (χ0v) is 11.4. The average molecular weight is 304 g/mol. The number of carbonyl (C=O) groups is 2. The van der Waals surface area contributed by atoms with Gasteiger partial charge in [0.25, 0.3) is 5.91 Å². The highest BCUT2D eigenvalue weighted by Gasteiger charge is 2.23. The quantitative estimate of drug-likeness (QED) is 0.893. The van der Waals surface area contributed by atoms with E-state index in [9.17, 15) is 9.59 Å². The van der Waals surface area contributed by atoms with Crippen molar-refractivity contribution in [2.45, 2.75) is 26.8 Å². The Morgan fingerprint density at radius 1 is 1.47 bits per heavy atom. The first-order valence-corrected chi connectivity index (χ1v) is 5.91. The Balaban J connectivity index is 2.73. The molecule has 0 spiro atoms. The molecular weight excluding hydrogens is 290 g/mol. The number of amides is 1. The van der Waals surface area contributed by atoms with Crippen LogP contribution in [0.4, 0.5) is 0 Å². The maximum Gasteiger partial charge on any atom is 0.308 e. The van der Waals surface area contributed by atoms with Gasteiger partial charge in [-0.15, -0.1) is 0 Å². The van der Waals surface area contributed by atoms with Gasteiger partial charge in [0.15, 0.2) is 10.4 Å². The Morgan fingerprint density at radius 3 is 2.47 bits per heavy atom. The average Bonchev–Trinajstić information content (AvgIpc) is 2.56. The Labute approximate surface area is 107 Å². The third kappa shape index (κ3) is 3.33. The Hall–Kier alpha value is -1.30. The van der Waals surface area contributed by atoms with Crippen LogP contribution in [0.15, 0.2) is 15.2 Å². The van der Waals surface area contributed by atoms with Crippen molar-refractivity contribution in [1.29, 1.82) is 0 Å². The van der Waals surface area contributed by atoms with Crippen LogP contribution in [0, 0.1) is 12.8 Å². The molecule has 1 heterocycles. The van der Waals surface area contributed by atoms with Crippen molar-refractivity contribution in [2.24, 2.45) is 5.92 Å². The van der Waals surface area contributed by atoms with Crippen molar-refractivity contribution < 1.29 is 19.1 Å². The Bertz CT molecular complexity index is 441. The van der Waals surface area contributed by atoms with E-state index in [1.807, 2.05) is 0 Å². The molecular formula is C11H14BrNO4. The second-order valence-corrected chi connectivity index (χ2v) is 4.73. The summed E-state index contributed by atoms with van der Waals surface area (Å²) in [6.07, 6.45) is 0. The minimum Gasteiger partial charge on any atom is -0.481 e. The smallest absolute Gasteiger partial charge is 0.308 e. The van der Waals surface area contributed by atoms with Crippen LogP contribution >= 0.6 is 15.9 Å². The summed E-state index contributed by atoms with van der Waals surface area (Å²) in [6.45, 7) is 4.93. The van der Waals surface area contributed by atoms with Crippen molar-refractivity contribution in [1.82, 2.24) is 5.32 Å². The molecule has 2 atom stereocenters. The second-order valence-electron chi connectivity index (χ2n) is 3.95. The van der Waals surface area contributed by atoms with Crippen molar-refractivity contribution >= 4 is 27.8 Å². The van der Waals surface area contributed by atoms with Crippen LogP contribution < -0.4 is 5.32 Å². The van der Waals surface area contributed by atoms with Crippen molar-refractivity contribution in [3.05, 3.63) is 22.1 Å². The summed E-state index contributed by atoms with van der Waals surface area (Å²) in [5.74, 6) is -1.82. The van der Waals surface area contributed by atoms with E-state index in [1.165, 1.54) is 6.92 Å². The number of aryl methyl sites for hydroxylation is 1. The van der Waals surface area contributed by atoms with E-state index in [1.54, 1.807) is 19.9 Å². The van der Waals surface area contributed by atoms with Gasteiger partial charge in [0.2, 0.25) is 0 Å². The first kappa shape index (κ1) is 13.8.